The minimum Gasteiger partial charge on any atom is -0.490 e. The van der Waals surface area contributed by atoms with Crippen molar-refractivity contribution in [2.24, 2.45) is 0 Å². The second-order valence-electron chi connectivity index (χ2n) is 5.08. The smallest absolute Gasteiger partial charge is 0.171 e. The van der Waals surface area contributed by atoms with Crippen molar-refractivity contribution in [3.8, 4) is 11.5 Å². The summed E-state index contributed by atoms with van der Waals surface area (Å²) in [6, 6.07) is 9.13. The average molecular weight is 366 g/mol. The molecule has 2 rings (SSSR count). The second kappa shape index (κ2) is 9.17. The second-order valence-corrected chi connectivity index (χ2v) is 5.49. The van der Waals surface area contributed by atoms with Gasteiger partial charge in [0.05, 0.1) is 13.2 Å². The van der Waals surface area contributed by atoms with E-state index in [4.69, 9.17) is 21.7 Å². The fourth-order valence-electron chi connectivity index (χ4n) is 2.14. The minimum absolute atomic E-state index is 0.304. The van der Waals surface area contributed by atoms with Gasteiger partial charge in [-0.05, 0) is 55.9 Å². The van der Waals surface area contributed by atoms with Crippen LogP contribution in [0.4, 0.5) is 14.5 Å². The molecule has 2 aromatic rings. The summed E-state index contributed by atoms with van der Waals surface area (Å²) in [6.45, 7) is 5.35. The van der Waals surface area contributed by atoms with Crippen molar-refractivity contribution < 1.29 is 18.3 Å². The molecular weight excluding hydrogens is 346 g/mol. The first-order valence-electron chi connectivity index (χ1n) is 7.92. The van der Waals surface area contributed by atoms with Crippen LogP contribution in [-0.4, -0.2) is 18.3 Å². The maximum Gasteiger partial charge on any atom is 0.171 e. The van der Waals surface area contributed by atoms with Crippen molar-refractivity contribution in [2.75, 3.05) is 18.5 Å². The SMILES string of the molecule is CCOc1ccc(CNC(=S)Nc2ccc(F)c(F)c2)cc1OCC. The maximum absolute atomic E-state index is 13.2. The van der Waals surface area contributed by atoms with Crippen LogP contribution in [0.2, 0.25) is 0 Å². The third-order valence-corrected chi connectivity index (χ3v) is 3.48. The Morgan fingerprint density at radius 3 is 2.36 bits per heavy atom. The third-order valence-electron chi connectivity index (χ3n) is 3.24. The highest BCUT2D eigenvalue weighted by Gasteiger charge is 2.07. The number of nitrogens with one attached hydrogen (secondary N) is 2. The topological polar surface area (TPSA) is 42.5 Å². The highest BCUT2D eigenvalue weighted by Crippen LogP contribution is 2.28. The van der Waals surface area contributed by atoms with Crippen LogP contribution in [-0.2, 0) is 6.54 Å². The first-order valence-corrected chi connectivity index (χ1v) is 8.32. The third kappa shape index (κ3) is 5.56. The summed E-state index contributed by atoms with van der Waals surface area (Å²) in [6.07, 6.45) is 0. The average Bonchev–Trinajstić information content (AvgIpc) is 2.59. The van der Waals surface area contributed by atoms with Crippen LogP contribution in [0.5, 0.6) is 11.5 Å². The van der Waals surface area contributed by atoms with E-state index in [1.54, 1.807) is 0 Å². The molecule has 4 nitrogen and oxygen atoms in total. The van der Waals surface area contributed by atoms with Crippen molar-refractivity contribution in [2.45, 2.75) is 20.4 Å². The van der Waals surface area contributed by atoms with Crippen LogP contribution in [0.15, 0.2) is 36.4 Å². The summed E-state index contributed by atoms with van der Waals surface area (Å²) in [5.74, 6) is -0.471. The van der Waals surface area contributed by atoms with Gasteiger partial charge in [0, 0.05) is 18.3 Å². The van der Waals surface area contributed by atoms with Gasteiger partial charge in [-0.3, -0.25) is 0 Å². The Labute approximate surface area is 151 Å². The lowest BCUT2D eigenvalue weighted by molar-refractivity contribution is 0.287. The number of benzene rings is 2. The van der Waals surface area contributed by atoms with Crippen molar-refractivity contribution in [3.05, 3.63) is 53.6 Å². The molecule has 0 unspecified atom stereocenters. The zero-order valence-electron chi connectivity index (χ0n) is 14.1. The molecular formula is C18H20F2N2O2S. The lowest BCUT2D eigenvalue weighted by Gasteiger charge is -2.14. The van der Waals surface area contributed by atoms with Crippen LogP contribution < -0.4 is 20.1 Å². The molecule has 2 aromatic carbocycles. The molecule has 0 saturated heterocycles. The Balaban J connectivity index is 1.96. The van der Waals surface area contributed by atoms with E-state index in [9.17, 15) is 8.78 Å². The van der Waals surface area contributed by atoms with E-state index in [0.29, 0.717) is 42.1 Å². The fraction of sp³-hybridized carbons (Fsp3) is 0.278. The molecule has 0 amide bonds. The van der Waals surface area contributed by atoms with Gasteiger partial charge in [0.15, 0.2) is 28.2 Å². The zero-order chi connectivity index (χ0) is 18.2. The van der Waals surface area contributed by atoms with Crippen LogP contribution >= 0.6 is 12.2 Å². The van der Waals surface area contributed by atoms with E-state index >= 15 is 0 Å². The fourth-order valence-corrected chi connectivity index (χ4v) is 2.33. The van der Waals surface area contributed by atoms with Crippen LogP contribution in [0, 0.1) is 11.6 Å². The number of rotatable bonds is 7. The van der Waals surface area contributed by atoms with Gasteiger partial charge < -0.3 is 20.1 Å². The number of ether oxygens (including phenoxy) is 2. The monoisotopic (exact) mass is 366 g/mol. The summed E-state index contributed by atoms with van der Waals surface area (Å²) >= 11 is 5.17. The molecule has 2 N–H and O–H groups in total. The van der Waals surface area contributed by atoms with Gasteiger partial charge in [-0.2, -0.15) is 0 Å². The number of hydrogen-bond donors (Lipinski definition) is 2. The Kier molecular flexibility index (Phi) is 6.94. The van der Waals surface area contributed by atoms with Gasteiger partial charge in [0.25, 0.3) is 0 Å². The maximum atomic E-state index is 13.2. The Morgan fingerprint density at radius 1 is 0.960 bits per heavy atom. The molecule has 0 spiro atoms. The number of thiocarbonyl (C=S) groups is 1. The van der Waals surface area contributed by atoms with E-state index < -0.39 is 11.6 Å². The Morgan fingerprint density at radius 2 is 1.68 bits per heavy atom. The minimum atomic E-state index is -0.930. The molecule has 0 aliphatic heterocycles. The van der Waals surface area contributed by atoms with Crippen LogP contribution in [0.1, 0.15) is 19.4 Å². The number of halogens is 2. The molecule has 7 heteroatoms. The van der Waals surface area contributed by atoms with Crippen molar-refractivity contribution in [1.82, 2.24) is 5.32 Å². The molecule has 25 heavy (non-hydrogen) atoms. The van der Waals surface area contributed by atoms with Crippen molar-refractivity contribution >= 4 is 23.0 Å². The molecule has 0 heterocycles. The van der Waals surface area contributed by atoms with Gasteiger partial charge in [0.1, 0.15) is 0 Å². The highest BCUT2D eigenvalue weighted by atomic mass is 32.1. The molecule has 0 saturated carbocycles. The first-order chi connectivity index (χ1) is 12.0. The highest BCUT2D eigenvalue weighted by molar-refractivity contribution is 7.80. The van der Waals surface area contributed by atoms with Gasteiger partial charge in [0.2, 0.25) is 0 Å². The van der Waals surface area contributed by atoms with Crippen LogP contribution in [0.3, 0.4) is 0 Å². The standard InChI is InChI=1S/C18H20F2N2O2S/c1-3-23-16-8-5-12(9-17(16)24-4-2)11-21-18(25)22-13-6-7-14(19)15(20)10-13/h5-10H,3-4,11H2,1-2H3,(H2,21,22,25). The summed E-state index contributed by atoms with van der Waals surface area (Å²) in [4.78, 5) is 0. The quantitative estimate of drug-likeness (QED) is 0.717. The van der Waals surface area contributed by atoms with Crippen molar-refractivity contribution in [1.29, 1.82) is 0 Å². The van der Waals surface area contributed by atoms with Gasteiger partial charge in [-0.1, -0.05) is 6.07 Å². The molecule has 0 aliphatic rings. The molecule has 0 bridgehead atoms. The number of anilines is 1. The van der Waals surface area contributed by atoms with Gasteiger partial charge >= 0.3 is 0 Å². The Bertz CT molecular complexity index is 741. The first kappa shape index (κ1) is 18.9. The van der Waals surface area contributed by atoms with E-state index in [1.807, 2.05) is 32.0 Å². The van der Waals surface area contributed by atoms with E-state index in [-0.39, 0.29) is 0 Å². The molecule has 0 aliphatic carbocycles. The molecule has 0 fully saturated rings. The van der Waals surface area contributed by atoms with E-state index in [1.165, 1.54) is 6.07 Å². The van der Waals surface area contributed by atoms with Gasteiger partial charge in [-0.25, -0.2) is 8.78 Å². The predicted molar refractivity (Wildman–Crippen MR) is 98.2 cm³/mol. The lowest BCUT2D eigenvalue weighted by Crippen LogP contribution is -2.27. The van der Waals surface area contributed by atoms with E-state index in [2.05, 4.69) is 10.6 Å². The van der Waals surface area contributed by atoms with Gasteiger partial charge in [-0.15, -0.1) is 0 Å². The molecule has 0 radical (unpaired) electrons. The van der Waals surface area contributed by atoms with E-state index in [0.717, 1.165) is 17.7 Å². The lowest BCUT2D eigenvalue weighted by atomic mass is 10.2. The normalized spacial score (nSPS) is 10.2. The zero-order valence-corrected chi connectivity index (χ0v) is 14.9. The Hall–Kier alpha value is -2.41. The molecule has 0 aromatic heterocycles. The largest absolute Gasteiger partial charge is 0.490 e. The summed E-state index contributed by atoms with van der Waals surface area (Å²) < 4.78 is 37.2. The summed E-state index contributed by atoms with van der Waals surface area (Å²) in [5.41, 5.74) is 1.32. The molecule has 134 valence electrons. The molecule has 0 atom stereocenters. The summed E-state index contributed by atoms with van der Waals surface area (Å²) in [5, 5.41) is 6.12. The predicted octanol–water partition coefficient (Wildman–Crippen LogP) is 4.25. The number of hydrogen-bond acceptors (Lipinski definition) is 3. The van der Waals surface area contributed by atoms with Crippen LogP contribution in [0.25, 0.3) is 0 Å². The van der Waals surface area contributed by atoms with Crippen molar-refractivity contribution in [3.63, 3.8) is 0 Å². The summed E-state index contributed by atoms with van der Waals surface area (Å²) in [7, 11) is 0.